The van der Waals surface area contributed by atoms with Crippen LogP contribution in [0.2, 0.25) is 0 Å². The van der Waals surface area contributed by atoms with E-state index in [9.17, 15) is 0 Å². The van der Waals surface area contributed by atoms with Gasteiger partial charge in [-0.15, -0.1) is 0 Å². The summed E-state index contributed by atoms with van der Waals surface area (Å²) in [7, 11) is 0. The van der Waals surface area contributed by atoms with Crippen molar-refractivity contribution in [3.63, 3.8) is 0 Å². The molecule has 14 heavy (non-hydrogen) atoms. The minimum atomic E-state index is 0.233. The summed E-state index contributed by atoms with van der Waals surface area (Å²) >= 11 is 0. The second kappa shape index (κ2) is 3.97. The molecule has 1 aliphatic rings. The Morgan fingerprint density at radius 3 is 2.64 bits per heavy atom. The molecule has 2 rings (SSSR count). The molecule has 1 fully saturated rings. The zero-order chi connectivity index (χ0) is 9.97. The second-order valence-corrected chi connectivity index (χ2v) is 3.97. The Bertz CT molecular complexity index is 324. The van der Waals surface area contributed by atoms with E-state index >= 15 is 0 Å². The molecule has 1 heteroatoms. The fourth-order valence-electron chi connectivity index (χ4n) is 1.76. The summed E-state index contributed by atoms with van der Waals surface area (Å²) in [5.41, 5.74) is 3.88. The number of rotatable bonds is 1. The standard InChI is InChI=1S/C13H16O/c1-10-3-5-12(6-4-10)13-9-11(2)7-8-14-13/h3-6,13H,2,7-9H2,1H3. The van der Waals surface area contributed by atoms with Crippen LogP contribution < -0.4 is 0 Å². The number of hydrogen-bond donors (Lipinski definition) is 0. The summed E-state index contributed by atoms with van der Waals surface area (Å²) in [6, 6.07) is 8.57. The number of ether oxygens (including phenoxy) is 1. The maximum absolute atomic E-state index is 5.71. The third-order valence-corrected chi connectivity index (χ3v) is 2.70. The van der Waals surface area contributed by atoms with Gasteiger partial charge in [0.2, 0.25) is 0 Å². The van der Waals surface area contributed by atoms with Crippen LogP contribution in [0.25, 0.3) is 0 Å². The molecular formula is C13H16O. The predicted molar refractivity (Wildman–Crippen MR) is 58.2 cm³/mol. The number of hydrogen-bond acceptors (Lipinski definition) is 1. The lowest BCUT2D eigenvalue weighted by Crippen LogP contribution is -2.13. The highest BCUT2D eigenvalue weighted by Crippen LogP contribution is 2.30. The van der Waals surface area contributed by atoms with Crippen LogP contribution in [-0.4, -0.2) is 6.61 Å². The lowest BCUT2D eigenvalue weighted by atomic mass is 9.97. The van der Waals surface area contributed by atoms with E-state index in [-0.39, 0.29) is 6.10 Å². The van der Waals surface area contributed by atoms with Crippen molar-refractivity contribution in [3.8, 4) is 0 Å². The first-order valence-electron chi connectivity index (χ1n) is 5.10. The maximum Gasteiger partial charge on any atom is 0.0862 e. The van der Waals surface area contributed by atoms with Gasteiger partial charge in [0.05, 0.1) is 12.7 Å². The zero-order valence-corrected chi connectivity index (χ0v) is 8.62. The fourth-order valence-corrected chi connectivity index (χ4v) is 1.76. The predicted octanol–water partition coefficient (Wildman–Crippen LogP) is 3.40. The summed E-state index contributed by atoms with van der Waals surface area (Å²) in [5.74, 6) is 0. The van der Waals surface area contributed by atoms with Crippen LogP contribution in [0.3, 0.4) is 0 Å². The van der Waals surface area contributed by atoms with Gasteiger partial charge in [0.15, 0.2) is 0 Å². The second-order valence-electron chi connectivity index (χ2n) is 3.97. The maximum atomic E-state index is 5.71. The van der Waals surface area contributed by atoms with Crippen molar-refractivity contribution in [1.82, 2.24) is 0 Å². The molecule has 1 aliphatic heterocycles. The lowest BCUT2D eigenvalue weighted by Gasteiger charge is -2.24. The normalized spacial score (nSPS) is 22.4. The average molecular weight is 188 g/mol. The Hall–Kier alpha value is -1.08. The molecule has 0 aliphatic carbocycles. The molecule has 0 amide bonds. The van der Waals surface area contributed by atoms with Gasteiger partial charge in [0.25, 0.3) is 0 Å². The molecule has 0 bridgehead atoms. The quantitative estimate of drug-likeness (QED) is 0.614. The van der Waals surface area contributed by atoms with Crippen molar-refractivity contribution in [1.29, 1.82) is 0 Å². The lowest BCUT2D eigenvalue weighted by molar-refractivity contribution is 0.0352. The van der Waals surface area contributed by atoms with E-state index in [1.54, 1.807) is 0 Å². The SMILES string of the molecule is C=C1CCOC(c2ccc(C)cc2)C1. The average Bonchev–Trinajstić information content (AvgIpc) is 2.19. The van der Waals surface area contributed by atoms with Crippen molar-refractivity contribution < 1.29 is 4.74 Å². The van der Waals surface area contributed by atoms with Crippen molar-refractivity contribution in [3.05, 3.63) is 47.5 Å². The molecule has 74 valence electrons. The zero-order valence-electron chi connectivity index (χ0n) is 8.62. The van der Waals surface area contributed by atoms with Gasteiger partial charge in [0.1, 0.15) is 0 Å². The van der Waals surface area contributed by atoms with Crippen LogP contribution in [0.15, 0.2) is 36.4 Å². The van der Waals surface area contributed by atoms with E-state index in [1.165, 1.54) is 16.7 Å². The monoisotopic (exact) mass is 188 g/mol. The number of benzene rings is 1. The largest absolute Gasteiger partial charge is 0.373 e. The molecule has 1 nitrogen and oxygen atoms in total. The van der Waals surface area contributed by atoms with Crippen molar-refractivity contribution in [2.45, 2.75) is 25.9 Å². The van der Waals surface area contributed by atoms with Crippen LogP contribution in [0.1, 0.15) is 30.1 Å². The first-order valence-corrected chi connectivity index (χ1v) is 5.10. The minimum Gasteiger partial charge on any atom is -0.373 e. The first kappa shape index (κ1) is 9.47. The number of aryl methyl sites for hydroxylation is 1. The van der Waals surface area contributed by atoms with E-state index in [0.29, 0.717) is 0 Å². The van der Waals surface area contributed by atoms with Gasteiger partial charge in [-0.2, -0.15) is 0 Å². The van der Waals surface area contributed by atoms with Gasteiger partial charge in [-0.05, 0) is 25.3 Å². The molecule has 0 radical (unpaired) electrons. The molecule has 1 saturated heterocycles. The molecule has 1 aromatic carbocycles. The molecule has 1 heterocycles. The Balaban J connectivity index is 2.14. The molecule has 0 N–H and O–H groups in total. The third kappa shape index (κ3) is 2.05. The Kier molecular flexibility index (Phi) is 2.69. The van der Waals surface area contributed by atoms with Crippen LogP contribution in [0, 0.1) is 6.92 Å². The highest BCUT2D eigenvalue weighted by atomic mass is 16.5. The Labute approximate surface area is 85.4 Å². The van der Waals surface area contributed by atoms with Crippen LogP contribution in [0.5, 0.6) is 0 Å². The summed E-state index contributed by atoms with van der Waals surface area (Å²) < 4.78 is 5.71. The van der Waals surface area contributed by atoms with Gasteiger partial charge in [-0.25, -0.2) is 0 Å². The summed E-state index contributed by atoms with van der Waals surface area (Å²) in [6.45, 7) is 6.95. The molecule has 1 unspecified atom stereocenters. The summed E-state index contributed by atoms with van der Waals surface area (Å²) in [6.07, 6.45) is 2.22. The van der Waals surface area contributed by atoms with E-state index in [0.717, 1.165) is 19.4 Å². The topological polar surface area (TPSA) is 9.23 Å². The molecule has 0 saturated carbocycles. The summed E-state index contributed by atoms with van der Waals surface area (Å²) in [5, 5.41) is 0. The Morgan fingerprint density at radius 2 is 2.00 bits per heavy atom. The highest BCUT2D eigenvalue weighted by molar-refractivity contribution is 5.24. The van der Waals surface area contributed by atoms with E-state index in [4.69, 9.17) is 4.74 Å². The van der Waals surface area contributed by atoms with Crippen LogP contribution in [-0.2, 0) is 4.74 Å². The van der Waals surface area contributed by atoms with Gasteiger partial charge >= 0.3 is 0 Å². The van der Waals surface area contributed by atoms with E-state index < -0.39 is 0 Å². The van der Waals surface area contributed by atoms with E-state index in [2.05, 4.69) is 37.8 Å². The van der Waals surface area contributed by atoms with Crippen LogP contribution in [0.4, 0.5) is 0 Å². The van der Waals surface area contributed by atoms with Crippen LogP contribution >= 0.6 is 0 Å². The van der Waals surface area contributed by atoms with Gasteiger partial charge < -0.3 is 4.74 Å². The first-order chi connectivity index (χ1) is 6.75. The van der Waals surface area contributed by atoms with Crippen molar-refractivity contribution in [2.75, 3.05) is 6.61 Å². The van der Waals surface area contributed by atoms with Crippen molar-refractivity contribution >= 4 is 0 Å². The van der Waals surface area contributed by atoms with Gasteiger partial charge in [-0.1, -0.05) is 42.0 Å². The van der Waals surface area contributed by atoms with E-state index in [1.807, 2.05) is 0 Å². The smallest absolute Gasteiger partial charge is 0.0862 e. The summed E-state index contributed by atoms with van der Waals surface area (Å²) in [4.78, 5) is 0. The third-order valence-electron chi connectivity index (χ3n) is 2.70. The Morgan fingerprint density at radius 1 is 1.29 bits per heavy atom. The molecular weight excluding hydrogens is 172 g/mol. The molecule has 0 spiro atoms. The molecule has 1 aromatic rings. The highest BCUT2D eigenvalue weighted by Gasteiger charge is 2.17. The minimum absolute atomic E-state index is 0.233. The fraction of sp³-hybridized carbons (Fsp3) is 0.385. The van der Waals surface area contributed by atoms with Gasteiger partial charge in [0, 0.05) is 0 Å². The molecule has 0 aromatic heterocycles. The molecule has 1 atom stereocenters. The van der Waals surface area contributed by atoms with Crippen molar-refractivity contribution in [2.24, 2.45) is 0 Å². The van der Waals surface area contributed by atoms with Gasteiger partial charge in [-0.3, -0.25) is 0 Å².